The maximum absolute atomic E-state index is 12.6. The fraction of sp³-hybridized carbons (Fsp3) is 0.643. The molecule has 0 aliphatic carbocycles. The summed E-state index contributed by atoms with van der Waals surface area (Å²) in [4.78, 5) is 15.2. The first-order chi connectivity index (χ1) is 9.13. The molecule has 5 heteroatoms. The molecule has 1 fully saturated rings. The Balaban J connectivity index is 2.09. The monoisotopic (exact) mass is 300 g/mol. The van der Waals surface area contributed by atoms with Crippen molar-refractivity contribution in [1.29, 1.82) is 0 Å². The van der Waals surface area contributed by atoms with Gasteiger partial charge in [0, 0.05) is 19.1 Å². The minimum atomic E-state index is 0.0821. The molecule has 106 valence electrons. The van der Waals surface area contributed by atoms with Crippen LogP contribution in [-0.2, 0) is 0 Å². The Bertz CT molecular complexity index is 441. The number of rotatable bonds is 5. The van der Waals surface area contributed by atoms with Gasteiger partial charge in [-0.2, -0.15) is 0 Å². The third-order valence-corrected chi connectivity index (χ3v) is 5.16. The van der Waals surface area contributed by atoms with E-state index >= 15 is 0 Å². The van der Waals surface area contributed by atoms with E-state index in [1.807, 2.05) is 17.2 Å². The van der Waals surface area contributed by atoms with Crippen molar-refractivity contribution in [2.24, 2.45) is 0 Å². The number of aryl methyl sites for hydroxylation is 1. The number of nitrogens with one attached hydrogen (secondary N) is 1. The summed E-state index contributed by atoms with van der Waals surface area (Å²) in [6.07, 6.45) is 3.34. The maximum Gasteiger partial charge on any atom is 0.265 e. The third kappa shape index (κ3) is 3.50. The molecule has 0 spiro atoms. The Morgan fingerprint density at radius 2 is 2.42 bits per heavy atom. The average molecular weight is 301 g/mol. The van der Waals surface area contributed by atoms with E-state index in [9.17, 15) is 4.79 Å². The number of carbonyl (C=O) groups is 1. The Morgan fingerprint density at radius 3 is 2.95 bits per heavy atom. The molecule has 19 heavy (non-hydrogen) atoms. The minimum Gasteiger partial charge on any atom is -0.336 e. The van der Waals surface area contributed by atoms with E-state index in [-0.39, 0.29) is 5.91 Å². The molecule has 3 nitrogen and oxygen atoms in total. The number of thiophene rings is 1. The van der Waals surface area contributed by atoms with E-state index in [2.05, 4.69) is 12.2 Å². The van der Waals surface area contributed by atoms with Crippen molar-refractivity contribution in [2.45, 2.75) is 39.2 Å². The van der Waals surface area contributed by atoms with Crippen molar-refractivity contribution in [3.8, 4) is 0 Å². The lowest BCUT2D eigenvalue weighted by Crippen LogP contribution is -2.41. The fourth-order valence-corrected chi connectivity index (χ4v) is 3.68. The average Bonchev–Trinajstić information content (AvgIpc) is 3.00. The first-order valence-electron chi connectivity index (χ1n) is 6.89. The van der Waals surface area contributed by atoms with Gasteiger partial charge in [-0.25, -0.2) is 0 Å². The summed E-state index contributed by atoms with van der Waals surface area (Å²) in [5.74, 6) is 0.0821. The molecule has 1 saturated heterocycles. The molecule has 1 aliphatic rings. The highest BCUT2D eigenvalue weighted by molar-refractivity contribution is 7.13. The molecule has 1 aromatic rings. The molecule has 0 aromatic carbocycles. The van der Waals surface area contributed by atoms with Crippen molar-refractivity contribution in [3.05, 3.63) is 20.8 Å². The van der Waals surface area contributed by atoms with Gasteiger partial charge in [-0.1, -0.05) is 18.5 Å². The van der Waals surface area contributed by atoms with Crippen LogP contribution in [-0.4, -0.2) is 36.5 Å². The molecule has 0 bridgehead atoms. The summed E-state index contributed by atoms with van der Waals surface area (Å²) in [7, 11) is 0. The zero-order valence-electron chi connectivity index (χ0n) is 11.5. The quantitative estimate of drug-likeness (QED) is 0.905. The van der Waals surface area contributed by atoms with Crippen LogP contribution in [0.2, 0.25) is 5.02 Å². The van der Waals surface area contributed by atoms with E-state index in [0.29, 0.717) is 15.9 Å². The topological polar surface area (TPSA) is 32.3 Å². The largest absolute Gasteiger partial charge is 0.336 e. The smallest absolute Gasteiger partial charge is 0.265 e. The van der Waals surface area contributed by atoms with Gasteiger partial charge >= 0.3 is 0 Å². The lowest BCUT2D eigenvalue weighted by atomic mass is 10.2. The maximum atomic E-state index is 12.6. The zero-order chi connectivity index (χ0) is 13.8. The SMILES string of the molecule is CCCN(CC1CCCN1)C(=O)c1scc(C)c1Cl. The summed E-state index contributed by atoms with van der Waals surface area (Å²) < 4.78 is 0. The van der Waals surface area contributed by atoms with Crippen LogP contribution >= 0.6 is 22.9 Å². The molecule has 0 radical (unpaired) electrons. The molecule has 1 unspecified atom stereocenters. The van der Waals surface area contributed by atoms with E-state index in [1.54, 1.807) is 0 Å². The molecule has 1 aliphatic heterocycles. The van der Waals surface area contributed by atoms with Crippen LogP contribution in [0.1, 0.15) is 41.4 Å². The Hall–Kier alpha value is -0.580. The first-order valence-corrected chi connectivity index (χ1v) is 8.15. The number of hydrogen-bond acceptors (Lipinski definition) is 3. The number of nitrogens with zero attached hydrogens (tertiary/aromatic N) is 1. The minimum absolute atomic E-state index is 0.0821. The highest BCUT2D eigenvalue weighted by Crippen LogP contribution is 2.28. The normalized spacial score (nSPS) is 18.8. The van der Waals surface area contributed by atoms with Crippen LogP contribution in [0.4, 0.5) is 0 Å². The van der Waals surface area contributed by atoms with Crippen LogP contribution in [0.3, 0.4) is 0 Å². The van der Waals surface area contributed by atoms with Crippen LogP contribution in [0, 0.1) is 6.92 Å². The highest BCUT2D eigenvalue weighted by atomic mass is 35.5. The van der Waals surface area contributed by atoms with Crippen LogP contribution in [0.5, 0.6) is 0 Å². The van der Waals surface area contributed by atoms with E-state index in [4.69, 9.17) is 11.6 Å². The molecule has 2 rings (SSSR count). The number of amides is 1. The summed E-state index contributed by atoms with van der Waals surface area (Å²) in [6.45, 7) is 6.70. The van der Waals surface area contributed by atoms with Gasteiger partial charge in [-0.3, -0.25) is 4.79 Å². The molecular weight excluding hydrogens is 280 g/mol. The summed E-state index contributed by atoms with van der Waals surface area (Å²) in [5, 5.41) is 6.02. The van der Waals surface area contributed by atoms with Crippen molar-refractivity contribution in [2.75, 3.05) is 19.6 Å². The van der Waals surface area contributed by atoms with E-state index < -0.39 is 0 Å². The summed E-state index contributed by atoms with van der Waals surface area (Å²) in [6, 6.07) is 0.440. The number of carbonyl (C=O) groups excluding carboxylic acids is 1. The standard InChI is InChI=1S/C14H21ClN2OS/c1-3-7-17(8-11-5-4-6-16-11)14(18)13-12(15)10(2)9-19-13/h9,11,16H,3-8H2,1-2H3. The molecular formula is C14H21ClN2OS. The Morgan fingerprint density at radius 1 is 1.63 bits per heavy atom. The van der Waals surface area contributed by atoms with Crippen molar-refractivity contribution < 1.29 is 4.79 Å². The van der Waals surface area contributed by atoms with Crippen molar-refractivity contribution in [1.82, 2.24) is 10.2 Å². The molecule has 1 atom stereocenters. The predicted octanol–water partition coefficient (Wildman–Crippen LogP) is 3.31. The highest BCUT2D eigenvalue weighted by Gasteiger charge is 2.24. The van der Waals surface area contributed by atoms with Gasteiger partial charge in [0.25, 0.3) is 5.91 Å². The number of halogens is 1. The van der Waals surface area contributed by atoms with Gasteiger partial charge in [0.2, 0.25) is 0 Å². The first kappa shape index (κ1) is 14.8. The molecule has 1 N–H and O–H groups in total. The lowest BCUT2D eigenvalue weighted by molar-refractivity contribution is 0.0747. The molecule has 2 heterocycles. The van der Waals surface area contributed by atoms with Crippen molar-refractivity contribution >= 4 is 28.8 Å². The predicted molar refractivity (Wildman–Crippen MR) is 81.3 cm³/mol. The van der Waals surface area contributed by atoms with Crippen LogP contribution in [0.25, 0.3) is 0 Å². The third-order valence-electron chi connectivity index (χ3n) is 3.48. The fourth-order valence-electron chi connectivity index (χ4n) is 2.44. The Labute approximate surface area is 123 Å². The molecule has 1 aromatic heterocycles. The van der Waals surface area contributed by atoms with Gasteiger partial charge in [-0.15, -0.1) is 11.3 Å². The Kier molecular flexibility index (Phi) is 5.25. The second-order valence-electron chi connectivity index (χ2n) is 5.11. The van der Waals surface area contributed by atoms with Gasteiger partial charge in [-0.05, 0) is 43.7 Å². The second-order valence-corrected chi connectivity index (χ2v) is 6.36. The summed E-state index contributed by atoms with van der Waals surface area (Å²) >= 11 is 7.66. The van der Waals surface area contributed by atoms with Crippen LogP contribution < -0.4 is 5.32 Å². The summed E-state index contributed by atoms with van der Waals surface area (Å²) in [5.41, 5.74) is 0.991. The van der Waals surface area contributed by atoms with Gasteiger partial charge in [0.1, 0.15) is 4.88 Å². The van der Waals surface area contributed by atoms with Crippen molar-refractivity contribution in [3.63, 3.8) is 0 Å². The van der Waals surface area contributed by atoms with Crippen LogP contribution in [0.15, 0.2) is 5.38 Å². The lowest BCUT2D eigenvalue weighted by Gasteiger charge is -2.25. The van der Waals surface area contributed by atoms with E-state index in [1.165, 1.54) is 17.8 Å². The molecule has 1 amide bonds. The van der Waals surface area contributed by atoms with Gasteiger partial charge in [0.15, 0.2) is 0 Å². The molecule has 0 saturated carbocycles. The zero-order valence-corrected chi connectivity index (χ0v) is 13.1. The van der Waals surface area contributed by atoms with Gasteiger partial charge in [0.05, 0.1) is 5.02 Å². The van der Waals surface area contributed by atoms with E-state index in [0.717, 1.165) is 38.0 Å². The van der Waals surface area contributed by atoms with Gasteiger partial charge < -0.3 is 10.2 Å². The number of hydrogen-bond donors (Lipinski definition) is 1. The second kappa shape index (κ2) is 6.73.